The third-order valence-electron chi connectivity index (χ3n) is 2.54. The van der Waals surface area contributed by atoms with E-state index in [1.165, 1.54) is 0 Å². The lowest BCUT2D eigenvalue weighted by atomic mass is 10.4. The largest absolute Gasteiger partial charge is 0.463 e. The molecule has 1 aliphatic heterocycles. The zero-order valence-corrected chi connectivity index (χ0v) is 13.2. The van der Waals surface area contributed by atoms with Crippen LogP contribution in [0.4, 0.5) is 0 Å². The molecule has 0 atom stereocenters. The van der Waals surface area contributed by atoms with Gasteiger partial charge in [-0.25, -0.2) is 0 Å². The molecule has 136 valence electrons. The molecule has 1 saturated heterocycles. The van der Waals surface area contributed by atoms with Crippen LogP contribution in [0.5, 0.6) is 0 Å². The molecular weight excluding hydrogens is 328 g/mol. The molecule has 1 fully saturated rings. The van der Waals surface area contributed by atoms with E-state index in [-0.39, 0.29) is 52.9 Å². The van der Waals surface area contributed by atoms with Crippen LogP contribution in [-0.2, 0) is 47.6 Å². The standard InChI is InChI=1S/C14H20O10/c15-11-9-12(16)23-7-3-20-4-8-24-14(18)10-13(17)22-6-2-19-1-5-21-11/h1-10H2. The van der Waals surface area contributed by atoms with E-state index in [0.29, 0.717) is 0 Å². The van der Waals surface area contributed by atoms with E-state index in [4.69, 9.17) is 28.4 Å². The number of rotatable bonds is 0. The van der Waals surface area contributed by atoms with Gasteiger partial charge in [-0.15, -0.1) is 0 Å². The van der Waals surface area contributed by atoms with Gasteiger partial charge in [0.2, 0.25) is 0 Å². The third kappa shape index (κ3) is 10.5. The van der Waals surface area contributed by atoms with Crippen LogP contribution in [0, 0.1) is 0 Å². The molecule has 0 aromatic rings. The van der Waals surface area contributed by atoms with Crippen molar-refractivity contribution in [3.05, 3.63) is 0 Å². The van der Waals surface area contributed by atoms with Gasteiger partial charge in [0.1, 0.15) is 39.3 Å². The van der Waals surface area contributed by atoms with E-state index in [1.807, 2.05) is 0 Å². The Hall–Kier alpha value is -2.20. The molecule has 1 rings (SSSR count). The Morgan fingerprint density at radius 1 is 0.417 bits per heavy atom. The van der Waals surface area contributed by atoms with Gasteiger partial charge in [0, 0.05) is 0 Å². The summed E-state index contributed by atoms with van der Waals surface area (Å²) in [6.07, 6.45) is -1.01. The molecule has 0 radical (unpaired) electrons. The van der Waals surface area contributed by atoms with Gasteiger partial charge in [-0.3, -0.25) is 19.2 Å². The fourth-order valence-corrected chi connectivity index (χ4v) is 1.50. The lowest BCUT2D eigenvalue weighted by Gasteiger charge is -2.09. The van der Waals surface area contributed by atoms with Gasteiger partial charge in [0.05, 0.1) is 26.4 Å². The van der Waals surface area contributed by atoms with Crippen molar-refractivity contribution < 1.29 is 47.6 Å². The second-order valence-electron chi connectivity index (χ2n) is 4.46. The fourth-order valence-electron chi connectivity index (χ4n) is 1.50. The van der Waals surface area contributed by atoms with Crippen molar-refractivity contribution in [1.82, 2.24) is 0 Å². The van der Waals surface area contributed by atoms with Crippen LogP contribution in [0.15, 0.2) is 0 Å². The average Bonchev–Trinajstić information content (AvgIpc) is 2.52. The first kappa shape index (κ1) is 19.8. The highest BCUT2D eigenvalue weighted by atomic mass is 16.6. The van der Waals surface area contributed by atoms with Crippen LogP contribution in [0.25, 0.3) is 0 Å². The molecule has 1 aliphatic rings. The second kappa shape index (κ2) is 12.3. The normalized spacial score (nSPS) is 21.0. The Balaban J connectivity index is 2.34. The lowest BCUT2D eigenvalue weighted by molar-refractivity contribution is -0.156. The average molecular weight is 348 g/mol. The first-order valence-corrected chi connectivity index (χ1v) is 7.36. The smallest absolute Gasteiger partial charge is 0.317 e. The quantitative estimate of drug-likeness (QED) is 0.305. The maximum Gasteiger partial charge on any atom is 0.317 e. The van der Waals surface area contributed by atoms with E-state index in [0.717, 1.165) is 0 Å². The van der Waals surface area contributed by atoms with E-state index in [1.54, 1.807) is 0 Å². The minimum absolute atomic E-state index is 0.0461. The van der Waals surface area contributed by atoms with Crippen molar-refractivity contribution in [2.24, 2.45) is 0 Å². The summed E-state index contributed by atoms with van der Waals surface area (Å²) in [7, 11) is 0. The minimum atomic E-state index is -0.725. The Morgan fingerprint density at radius 3 is 0.917 bits per heavy atom. The Labute approximate surface area is 138 Å². The van der Waals surface area contributed by atoms with E-state index in [2.05, 4.69) is 0 Å². The van der Waals surface area contributed by atoms with Crippen molar-refractivity contribution in [2.45, 2.75) is 12.8 Å². The molecule has 10 nitrogen and oxygen atoms in total. The molecule has 0 aromatic heterocycles. The first-order chi connectivity index (χ1) is 11.6. The molecule has 0 bridgehead atoms. The first-order valence-electron chi connectivity index (χ1n) is 7.36. The van der Waals surface area contributed by atoms with Crippen molar-refractivity contribution >= 4 is 23.9 Å². The predicted molar refractivity (Wildman–Crippen MR) is 74.7 cm³/mol. The molecule has 0 spiro atoms. The summed E-state index contributed by atoms with van der Waals surface area (Å²) in [4.78, 5) is 45.3. The molecule has 1 heterocycles. The number of carbonyl (C=O) groups is 4. The van der Waals surface area contributed by atoms with Crippen molar-refractivity contribution in [2.75, 3.05) is 52.9 Å². The molecular formula is C14H20O10. The molecule has 24 heavy (non-hydrogen) atoms. The van der Waals surface area contributed by atoms with E-state index < -0.39 is 36.7 Å². The predicted octanol–water partition coefficient (Wildman–Crippen LogP) is -1.01. The summed E-state index contributed by atoms with van der Waals surface area (Å²) >= 11 is 0. The Morgan fingerprint density at radius 2 is 0.667 bits per heavy atom. The summed E-state index contributed by atoms with van der Waals surface area (Å²) in [5, 5.41) is 0. The third-order valence-corrected chi connectivity index (χ3v) is 2.54. The summed E-state index contributed by atoms with van der Waals surface area (Å²) in [5.74, 6) is -2.90. The van der Waals surface area contributed by atoms with Crippen molar-refractivity contribution in [1.29, 1.82) is 0 Å². The minimum Gasteiger partial charge on any atom is -0.463 e. The molecule has 0 unspecified atom stereocenters. The van der Waals surface area contributed by atoms with Gasteiger partial charge in [-0.05, 0) is 0 Å². The topological polar surface area (TPSA) is 124 Å². The van der Waals surface area contributed by atoms with Crippen LogP contribution in [-0.4, -0.2) is 76.7 Å². The SMILES string of the molecule is O=C1CC(=O)OCCOCCOC(=O)CC(=O)OCCOCCO1. The molecule has 0 aromatic carbocycles. The maximum atomic E-state index is 11.3. The monoisotopic (exact) mass is 348 g/mol. The Kier molecular flexibility index (Phi) is 10.1. The number of cyclic esters (lactones) is 4. The highest BCUT2D eigenvalue weighted by molar-refractivity contribution is 5.91. The number of hydrogen-bond acceptors (Lipinski definition) is 10. The van der Waals surface area contributed by atoms with Crippen LogP contribution < -0.4 is 0 Å². The van der Waals surface area contributed by atoms with E-state index >= 15 is 0 Å². The fraction of sp³-hybridized carbons (Fsp3) is 0.714. The van der Waals surface area contributed by atoms with Crippen LogP contribution in [0.3, 0.4) is 0 Å². The van der Waals surface area contributed by atoms with Gasteiger partial charge in [-0.1, -0.05) is 0 Å². The summed E-state index contributed by atoms with van der Waals surface area (Å²) < 4.78 is 29.2. The van der Waals surface area contributed by atoms with E-state index in [9.17, 15) is 19.2 Å². The van der Waals surface area contributed by atoms with Crippen molar-refractivity contribution in [3.63, 3.8) is 0 Å². The number of carbonyl (C=O) groups excluding carboxylic acids is 4. The highest BCUT2D eigenvalue weighted by Crippen LogP contribution is 1.94. The molecule has 0 N–H and O–H groups in total. The van der Waals surface area contributed by atoms with Gasteiger partial charge in [0.25, 0.3) is 0 Å². The summed E-state index contributed by atoms with van der Waals surface area (Å²) in [6, 6.07) is 0. The Bertz CT molecular complexity index is 357. The zero-order valence-electron chi connectivity index (χ0n) is 13.2. The number of hydrogen-bond donors (Lipinski definition) is 0. The number of ether oxygens (including phenoxy) is 6. The van der Waals surface area contributed by atoms with Gasteiger partial charge < -0.3 is 28.4 Å². The maximum absolute atomic E-state index is 11.3. The lowest BCUT2D eigenvalue weighted by Crippen LogP contribution is -2.21. The van der Waals surface area contributed by atoms with Gasteiger partial charge in [0.15, 0.2) is 0 Å². The number of esters is 4. The van der Waals surface area contributed by atoms with Crippen LogP contribution >= 0.6 is 0 Å². The summed E-state index contributed by atoms with van der Waals surface area (Å²) in [5.41, 5.74) is 0. The van der Waals surface area contributed by atoms with Gasteiger partial charge in [-0.2, -0.15) is 0 Å². The van der Waals surface area contributed by atoms with Crippen molar-refractivity contribution in [3.8, 4) is 0 Å². The molecule has 0 aliphatic carbocycles. The molecule has 0 saturated carbocycles. The van der Waals surface area contributed by atoms with Crippen LogP contribution in [0.2, 0.25) is 0 Å². The molecule has 10 heteroatoms. The zero-order chi connectivity index (χ0) is 17.6. The van der Waals surface area contributed by atoms with Gasteiger partial charge >= 0.3 is 23.9 Å². The summed E-state index contributed by atoms with van der Waals surface area (Å²) in [6.45, 7) is 0.126. The second-order valence-corrected chi connectivity index (χ2v) is 4.46. The highest BCUT2D eigenvalue weighted by Gasteiger charge is 2.13. The molecule has 0 amide bonds. The van der Waals surface area contributed by atoms with Crippen LogP contribution in [0.1, 0.15) is 12.8 Å².